The molecular formula is C11H18N2O3. The Balaban J connectivity index is 2.77. The number of nitrogens with zero attached hydrogens (tertiary/aromatic N) is 1. The maximum absolute atomic E-state index is 11.8. The number of nitrogens with one attached hydrogen (secondary N) is 1. The lowest BCUT2D eigenvalue weighted by Gasteiger charge is -2.06. The van der Waals surface area contributed by atoms with Crippen LogP contribution in [0.5, 0.6) is 0 Å². The maximum atomic E-state index is 11.8. The van der Waals surface area contributed by atoms with Crippen molar-refractivity contribution in [1.82, 2.24) is 10.5 Å². The van der Waals surface area contributed by atoms with E-state index in [1.165, 1.54) is 0 Å². The molecule has 2 N–H and O–H groups in total. The second-order valence-electron chi connectivity index (χ2n) is 3.99. The van der Waals surface area contributed by atoms with Crippen molar-refractivity contribution in [3.63, 3.8) is 0 Å². The Bertz CT molecular complexity index is 358. The fourth-order valence-corrected chi connectivity index (χ4v) is 1.43. The van der Waals surface area contributed by atoms with Crippen LogP contribution in [0.4, 0.5) is 0 Å². The van der Waals surface area contributed by atoms with Gasteiger partial charge in [0, 0.05) is 19.1 Å². The number of aliphatic hydroxyl groups excluding tert-OH is 1. The van der Waals surface area contributed by atoms with Gasteiger partial charge in [-0.05, 0) is 13.3 Å². The van der Waals surface area contributed by atoms with E-state index in [2.05, 4.69) is 10.5 Å². The highest BCUT2D eigenvalue weighted by Crippen LogP contribution is 2.21. The number of hydrogen-bond acceptors (Lipinski definition) is 4. The molecule has 0 bridgehead atoms. The lowest BCUT2D eigenvalue weighted by atomic mass is 10.0. The summed E-state index contributed by atoms with van der Waals surface area (Å²) in [7, 11) is 0. The summed E-state index contributed by atoms with van der Waals surface area (Å²) in [4.78, 5) is 11.8. The first-order chi connectivity index (χ1) is 7.57. The summed E-state index contributed by atoms with van der Waals surface area (Å²) in [6, 6.07) is 0. The highest BCUT2D eigenvalue weighted by Gasteiger charge is 2.21. The first-order valence-electron chi connectivity index (χ1n) is 5.43. The van der Waals surface area contributed by atoms with E-state index in [9.17, 15) is 4.79 Å². The van der Waals surface area contributed by atoms with Gasteiger partial charge in [0.25, 0.3) is 5.91 Å². The maximum Gasteiger partial charge on any atom is 0.256 e. The minimum absolute atomic E-state index is 0.0694. The normalized spacial score (nSPS) is 10.8. The van der Waals surface area contributed by atoms with E-state index in [1.807, 2.05) is 13.8 Å². The van der Waals surface area contributed by atoms with E-state index in [4.69, 9.17) is 9.63 Å². The second-order valence-corrected chi connectivity index (χ2v) is 3.99. The third kappa shape index (κ3) is 2.82. The molecule has 0 aliphatic rings. The smallest absolute Gasteiger partial charge is 0.256 e. The zero-order chi connectivity index (χ0) is 12.1. The molecule has 0 spiro atoms. The van der Waals surface area contributed by atoms with Crippen molar-refractivity contribution in [2.45, 2.75) is 33.1 Å². The quantitative estimate of drug-likeness (QED) is 0.740. The molecule has 1 rings (SSSR count). The summed E-state index contributed by atoms with van der Waals surface area (Å²) < 4.78 is 5.12. The SMILES string of the molecule is Cc1noc(C(C)C)c1C(=O)NCCCO. The molecule has 0 fully saturated rings. The molecule has 0 unspecified atom stereocenters. The number of carbonyl (C=O) groups excluding carboxylic acids is 1. The summed E-state index contributed by atoms with van der Waals surface area (Å²) >= 11 is 0. The molecule has 1 heterocycles. The Kier molecular flexibility index (Phi) is 4.49. The van der Waals surface area contributed by atoms with Crippen LogP contribution in [0.1, 0.15) is 48.0 Å². The van der Waals surface area contributed by atoms with Crippen molar-refractivity contribution in [2.75, 3.05) is 13.2 Å². The van der Waals surface area contributed by atoms with Gasteiger partial charge in [-0.15, -0.1) is 0 Å². The summed E-state index contributed by atoms with van der Waals surface area (Å²) in [6.07, 6.45) is 0.549. The molecule has 1 aromatic rings. The van der Waals surface area contributed by atoms with Crippen LogP contribution < -0.4 is 5.32 Å². The van der Waals surface area contributed by atoms with Gasteiger partial charge in [0.05, 0.1) is 5.69 Å². The van der Waals surface area contributed by atoms with Crippen molar-refractivity contribution >= 4 is 5.91 Å². The van der Waals surface area contributed by atoms with Gasteiger partial charge in [0.2, 0.25) is 0 Å². The molecule has 0 aliphatic heterocycles. The first kappa shape index (κ1) is 12.7. The van der Waals surface area contributed by atoms with Crippen molar-refractivity contribution in [3.8, 4) is 0 Å². The van der Waals surface area contributed by atoms with Gasteiger partial charge in [-0.1, -0.05) is 19.0 Å². The topological polar surface area (TPSA) is 75.4 Å². The number of aromatic nitrogens is 1. The Morgan fingerprint density at radius 3 is 2.81 bits per heavy atom. The van der Waals surface area contributed by atoms with E-state index in [-0.39, 0.29) is 18.4 Å². The van der Waals surface area contributed by atoms with Gasteiger partial charge in [-0.3, -0.25) is 4.79 Å². The van der Waals surface area contributed by atoms with E-state index in [0.717, 1.165) is 0 Å². The highest BCUT2D eigenvalue weighted by atomic mass is 16.5. The van der Waals surface area contributed by atoms with Crippen molar-refractivity contribution in [2.24, 2.45) is 0 Å². The monoisotopic (exact) mass is 226 g/mol. The predicted molar refractivity (Wildman–Crippen MR) is 59.4 cm³/mol. The Hall–Kier alpha value is -1.36. The average molecular weight is 226 g/mol. The molecule has 16 heavy (non-hydrogen) atoms. The third-order valence-corrected chi connectivity index (χ3v) is 2.26. The summed E-state index contributed by atoms with van der Waals surface area (Å²) in [5, 5.41) is 15.2. The van der Waals surface area contributed by atoms with E-state index in [1.54, 1.807) is 6.92 Å². The molecule has 0 saturated heterocycles. The molecule has 0 aliphatic carbocycles. The van der Waals surface area contributed by atoms with Crippen LogP contribution in [0.2, 0.25) is 0 Å². The van der Waals surface area contributed by atoms with Gasteiger partial charge >= 0.3 is 0 Å². The predicted octanol–water partition coefficient (Wildman–Crippen LogP) is 1.22. The van der Waals surface area contributed by atoms with Gasteiger partial charge < -0.3 is 14.9 Å². The molecule has 0 atom stereocenters. The van der Waals surface area contributed by atoms with Crippen LogP contribution in [-0.4, -0.2) is 29.3 Å². The fourth-order valence-electron chi connectivity index (χ4n) is 1.43. The lowest BCUT2D eigenvalue weighted by Crippen LogP contribution is -2.26. The Morgan fingerprint density at radius 2 is 2.25 bits per heavy atom. The molecule has 1 amide bonds. The number of aryl methyl sites for hydroxylation is 1. The van der Waals surface area contributed by atoms with Crippen LogP contribution in [0.25, 0.3) is 0 Å². The number of rotatable bonds is 5. The molecule has 0 saturated carbocycles. The van der Waals surface area contributed by atoms with Crippen molar-refractivity contribution in [1.29, 1.82) is 0 Å². The largest absolute Gasteiger partial charge is 0.396 e. The second kappa shape index (κ2) is 5.65. The molecule has 1 aromatic heterocycles. The van der Waals surface area contributed by atoms with Crippen molar-refractivity contribution in [3.05, 3.63) is 17.0 Å². The number of hydrogen-bond donors (Lipinski definition) is 2. The summed E-state index contributed by atoms with van der Waals surface area (Å²) in [5.41, 5.74) is 1.12. The number of aliphatic hydroxyl groups is 1. The standard InChI is InChI=1S/C11H18N2O3/c1-7(2)10-9(8(3)13-16-10)11(15)12-5-4-6-14/h7,14H,4-6H2,1-3H3,(H,12,15). The first-order valence-corrected chi connectivity index (χ1v) is 5.43. The van der Waals surface area contributed by atoms with Gasteiger partial charge in [0.1, 0.15) is 5.56 Å². The Labute approximate surface area is 94.8 Å². The van der Waals surface area contributed by atoms with E-state index >= 15 is 0 Å². The lowest BCUT2D eigenvalue weighted by molar-refractivity contribution is 0.0948. The minimum Gasteiger partial charge on any atom is -0.396 e. The Morgan fingerprint density at radius 1 is 1.56 bits per heavy atom. The van der Waals surface area contributed by atoms with E-state index in [0.29, 0.717) is 30.0 Å². The van der Waals surface area contributed by atoms with Gasteiger partial charge in [0.15, 0.2) is 5.76 Å². The van der Waals surface area contributed by atoms with Crippen molar-refractivity contribution < 1.29 is 14.4 Å². The van der Waals surface area contributed by atoms with Crippen LogP contribution in [0, 0.1) is 6.92 Å². The van der Waals surface area contributed by atoms with Crippen LogP contribution >= 0.6 is 0 Å². The molecule has 0 radical (unpaired) electrons. The molecule has 5 heteroatoms. The fraction of sp³-hybridized carbons (Fsp3) is 0.636. The highest BCUT2D eigenvalue weighted by molar-refractivity contribution is 5.96. The molecular weight excluding hydrogens is 208 g/mol. The van der Waals surface area contributed by atoms with Gasteiger partial charge in [-0.25, -0.2) is 0 Å². The summed E-state index contributed by atoms with van der Waals surface area (Å²) in [6.45, 7) is 6.17. The summed E-state index contributed by atoms with van der Waals surface area (Å²) in [5.74, 6) is 0.551. The average Bonchev–Trinajstić information content (AvgIpc) is 2.60. The molecule has 5 nitrogen and oxygen atoms in total. The zero-order valence-electron chi connectivity index (χ0n) is 9.91. The molecule has 90 valence electrons. The minimum atomic E-state index is -0.184. The third-order valence-electron chi connectivity index (χ3n) is 2.26. The number of carbonyl (C=O) groups is 1. The van der Waals surface area contributed by atoms with Crippen LogP contribution in [0.15, 0.2) is 4.52 Å². The van der Waals surface area contributed by atoms with Gasteiger partial charge in [-0.2, -0.15) is 0 Å². The number of amides is 1. The van der Waals surface area contributed by atoms with Crippen LogP contribution in [0.3, 0.4) is 0 Å². The van der Waals surface area contributed by atoms with E-state index < -0.39 is 0 Å². The molecule has 0 aromatic carbocycles. The zero-order valence-corrected chi connectivity index (χ0v) is 9.91. The van der Waals surface area contributed by atoms with Crippen LogP contribution in [-0.2, 0) is 0 Å².